The van der Waals surface area contributed by atoms with E-state index in [4.69, 9.17) is 11.6 Å². The highest BCUT2D eigenvalue weighted by Gasteiger charge is 2.09. The van der Waals surface area contributed by atoms with Gasteiger partial charge in [0.1, 0.15) is 6.29 Å². The second-order valence-electron chi connectivity index (χ2n) is 2.77. The van der Waals surface area contributed by atoms with Crippen molar-refractivity contribution in [2.24, 2.45) is 0 Å². The van der Waals surface area contributed by atoms with Crippen LogP contribution in [0, 0.1) is 0 Å². The summed E-state index contributed by atoms with van der Waals surface area (Å²) in [7, 11) is 0. The van der Waals surface area contributed by atoms with Crippen LogP contribution < -0.4 is 0 Å². The summed E-state index contributed by atoms with van der Waals surface area (Å²) >= 11 is 8.69. The van der Waals surface area contributed by atoms with Crippen molar-refractivity contribution in [3.05, 3.63) is 33.8 Å². The third-order valence-corrected chi connectivity index (χ3v) is 2.85. The predicted molar refractivity (Wildman–Crippen MR) is 59.0 cm³/mol. The summed E-state index contributed by atoms with van der Waals surface area (Å²) in [5, 5.41) is 0. The number of alkyl halides is 1. The third kappa shape index (κ3) is 2.66. The Bertz CT molecular complexity index is 363. The lowest BCUT2D eigenvalue weighted by atomic mass is 10.0. The number of carbonyl (C=O) groups is 2. The average Bonchev–Trinajstić information content (AvgIpc) is 2.20. The first-order valence-corrected chi connectivity index (χ1v) is 5.32. The molecule has 0 aliphatic heterocycles. The standard InChI is InChI=1S/C10H8BrClO2/c11-10-3-1-2-7(6-13)9(10)4-8(14)5-12/h1-3,6H,4-5H2. The maximum absolute atomic E-state index is 11.1. The SMILES string of the molecule is O=Cc1cccc(Br)c1CC(=O)CCl. The van der Waals surface area contributed by atoms with Gasteiger partial charge in [-0.1, -0.05) is 28.1 Å². The van der Waals surface area contributed by atoms with E-state index in [9.17, 15) is 9.59 Å². The summed E-state index contributed by atoms with van der Waals surface area (Å²) in [6.45, 7) is 0. The Morgan fingerprint density at radius 2 is 2.21 bits per heavy atom. The Labute approximate surface area is 95.4 Å². The second-order valence-corrected chi connectivity index (χ2v) is 3.90. The number of hydrogen-bond acceptors (Lipinski definition) is 2. The summed E-state index contributed by atoms with van der Waals surface area (Å²) in [5.74, 6) is -0.124. The van der Waals surface area contributed by atoms with Crippen molar-refractivity contribution < 1.29 is 9.59 Å². The first-order valence-electron chi connectivity index (χ1n) is 3.99. The van der Waals surface area contributed by atoms with Crippen LogP contribution in [0.25, 0.3) is 0 Å². The summed E-state index contributed by atoms with van der Waals surface area (Å²) in [5.41, 5.74) is 1.23. The number of halogens is 2. The van der Waals surface area contributed by atoms with Gasteiger partial charge >= 0.3 is 0 Å². The molecule has 1 aromatic rings. The lowest BCUT2D eigenvalue weighted by Crippen LogP contribution is -2.06. The maximum atomic E-state index is 11.1. The van der Waals surface area contributed by atoms with E-state index >= 15 is 0 Å². The highest BCUT2D eigenvalue weighted by Crippen LogP contribution is 2.20. The van der Waals surface area contributed by atoms with Gasteiger partial charge < -0.3 is 0 Å². The van der Waals surface area contributed by atoms with Crippen molar-refractivity contribution in [3.8, 4) is 0 Å². The van der Waals surface area contributed by atoms with Crippen LogP contribution in [0.15, 0.2) is 22.7 Å². The van der Waals surface area contributed by atoms with E-state index in [0.29, 0.717) is 11.1 Å². The van der Waals surface area contributed by atoms with Crippen molar-refractivity contribution in [3.63, 3.8) is 0 Å². The Balaban J connectivity index is 3.04. The zero-order chi connectivity index (χ0) is 10.6. The van der Waals surface area contributed by atoms with Gasteiger partial charge in [0.15, 0.2) is 5.78 Å². The number of hydrogen-bond donors (Lipinski definition) is 0. The summed E-state index contributed by atoms with van der Waals surface area (Å²) in [6, 6.07) is 5.22. The fourth-order valence-corrected chi connectivity index (χ4v) is 1.73. The van der Waals surface area contributed by atoms with Crippen molar-refractivity contribution >= 4 is 39.6 Å². The van der Waals surface area contributed by atoms with Crippen LogP contribution in [0.2, 0.25) is 0 Å². The van der Waals surface area contributed by atoms with E-state index < -0.39 is 0 Å². The molecular weight excluding hydrogens is 267 g/mol. The average molecular weight is 276 g/mol. The minimum absolute atomic E-state index is 0.0281. The largest absolute Gasteiger partial charge is 0.298 e. The fraction of sp³-hybridized carbons (Fsp3) is 0.200. The van der Waals surface area contributed by atoms with Gasteiger partial charge in [-0.2, -0.15) is 0 Å². The number of aldehydes is 1. The zero-order valence-corrected chi connectivity index (χ0v) is 9.64. The van der Waals surface area contributed by atoms with Crippen molar-refractivity contribution in [2.75, 3.05) is 5.88 Å². The van der Waals surface area contributed by atoms with Crippen LogP contribution in [0.1, 0.15) is 15.9 Å². The van der Waals surface area contributed by atoms with Gasteiger partial charge in [-0.15, -0.1) is 11.6 Å². The van der Waals surface area contributed by atoms with Crippen LogP contribution in [0.4, 0.5) is 0 Å². The third-order valence-electron chi connectivity index (χ3n) is 1.81. The maximum Gasteiger partial charge on any atom is 0.152 e. The van der Waals surface area contributed by atoms with E-state index in [1.54, 1.807) is 18.2 Å². The normalized spacial score (nSPS) is 9.86. The quantitative estimate of drug-likeness (QED) is 0.625. The Hall–Kier alpha value is -0.670. The molecule has 0 unspecified atom stereocenters. The summed E-state index contributed by atoms with van der Waals surface area (Å²) in [6.07, 6.45) is 0.931. The van der Waals surface area contributed by atoms with Gasteiger partial charge in [0.25, 0.3) is 0 Å². The van der Waals surface area contributed by atoms with E-state index in [1.807, 2.05) is 0 Å². The van der Waals surface area contributed by atoms with E-state index in [1.165, 1.54) is 0 Å². The van der Waals surface area contributed by atoms with E-state index in [0.717, 1.165) is 10.8 Å². The number of rotatable bonds is 4. The van der Waals surface area contributed by atoms with Gasteiger partial charge in [-0.05, 0) is 11.6 Å². The van der Waals surface area contributed by atoms with Gasteiger partial charge in [0, 0.05) is 16.5 Å². The van der Waals surface area contributed by atoms with Gasteiger partial charge in [-0.25, -0.2) is 0 Å². The fourth-order valence-electron chi connectivity index (χ4n) is 1.12. The molecule has 0 aliphatic carbocycles. The van der Waals surface area contributed by atoms with Crippen molar-refractivity contribution in [1.29, 1.82) is 0 Å². The highest BCUT2D eigenvalue weighted by atomic mass is 79.9. The topological polar surface area (TPSA) is 34.1 Å². The molecule has 0 bridgehead atoms. The molecular formula is C10H8BrClO2. The molecule has 0 saturated heterocycles. The Morgan fingerprint density at radius 1 is 1.50 bits per heavy atom. The van der Waals surface area contributed by atoms with Crippen LogP contribution in [0.3, 0.4) is 0 Å². The first-order chi connectivity index (χ1) is 6.69. The van der Waals surface area contributed by atoms with Gasteiger partial charge in [0.05, 0.1) is 5.88 Å². The van der Waals surface area contributed by atoms with E-state index in [-0.39, 0.29) is 18.1 Å². The molecule has 1 aromatic carbocycles. The number of Topliss-reactive ketones (excluding diaryl/α,β-unsaturated/α-hetero) is 1. The molecule has 74 valence electrons. The molecule has 2 nitrogen and oxygen atoms in total. The molecule has 0 radical (unpaired) electrons. The lowest BCUT2D eigenvalue weighted by molar-refractivity contribution is -0.116. The molecule has 0 fully saturated rings. The van der Waals surface area contributed by atoms with Gasteiger partial charge in [0.2, 0.25) is 0 Å². The number of ketones is 1. The monoisotopic (exact) mass is 274 g/mol. The van der Waals surface area contributed by atoms with Crippen LogP contribution in [0.5, 0.6) is 0 Å². The Kier molecular flexibility index (Phi) is 4.29. The highest BCUT2D eigenvalue weighted by molar-refractivity contribution is 9.10. The molecule has 1 rings (SSSR count). The van der Waals surface area contributed by atoms with Crippen LogP contribution in [-0.2, 0) is 11.2 Å². The zero-order valence-electron chi connectivity index (χ0n) is 7.30. The van der Waals surface area contributed by atoms with E-state index in [2.05, 4.69) is 15.9 Å². The molecule has 4 heteroatoms. The Morgan fingerprint density at radius 3 is 2.79 bits per heavy atom. The molecule has 0 aliphatic rings. The minimum atomic E-state index is -0.0957. The van der Waals surface area contributed by atoms with Crippen LogP contribution >= 0.6 is 27.5 Å². The molecule has 0 atom stereocenters. The number of benzene rings is 1. The molecule has 0 spiro atoms. The van der Waals surface area contributed by atoms with Gasteiger partial charge in [-0.3, -0.25) is 9.59 Å². The molecule has 0 heterocycles. The molecule has 0 saturated carbocycles. The molecule has 0 aromatic heterocycles. The molecule has 0 amide bonds. The summed E-state index contributed by atoms with van der Waals surface area (Å²) < 4.78 is 0.764. The second kappa shape index (κ2) is 5.27. The number of carbonyl (C=O) groups excluding carboxylic acids is 2. The van der Waals surface area contributed by atoms with Crippen LogP contribution in [-0.4, -0.2) is 17.9 Å². The smallest absolute Gasteiger partial charge is 0.152 e. The lowest BCUT2D eigenvalue weighted by Gasteiger charge is -2.05. The van der Waals surface area contributed by atoms with Crippen molar-refractivity contribution in [2.45, 2.75) is 6.42 Å². The molecule has 14 heavy (non-hydrogen) atoms. The molecule has 0 N–H and O–H groups in total. The summed E-state index contributed by atoms with van der Waals surface area (Å²) in [4.78, 5) is 21.8. The minimum Gasteiger partial charge on any atom is -0.298 e. The predicted octanol–water partition coefficient (Wildman–Crippen LogP) is 2.61. The first kappa shape index (κ1) is 11.4. The van der Waals surface area contributed by atoms with Crippen molar-refractivity contribution in [1.82, 2.24) is 0 Å².